The van der Waals surface area contributed by atoms with Gasteiger partial charge in [-0.25, -0.2) is 0 Å². The summed E-state index contributed by atoms with van der Waals surface area (Å²) in [6, 6.07) is 12.6. The Balaban J connectivity index is 1.53. The van der Waals surface area contributed by atoms with E-state index in [4.69, 9.17) is 0 Å². The fourth-order valence-corrected chi connectivity index (χ4v) is 4.57. The highest BCUT2D eigenvalue weighted by molar-refractivity contribution is 6.06. The van der Waals surface area contributed by atoms with Gasteiger partial charge in [-0.1, -0.05) is 19.1 Å². The molecule has 1 amide bonds. The van der Waals surface area contributed by atoms with Crippen LogP contribution in [0.4, 0.5) is 22.7 Å². The summed E-state index contributed by atoms with van der Waals surface area (Å²) in [4.78, 5) is 31.1. The predicted molar refractivity (Wildman–Crippen MR) is 128 cm³/mol. The zero-order valence-corrected chi connectivity index (χ0v) is 18.6. The number of nitro groups is 1. The molecular formula is C24H31N5O3. The van der Waals surface area contributed by atoms with E-state index in [9.17, 15) is 14.9 Å². The maximum Gasteiger partial charge on any atom is 0.293 e. The molecule has 0 bridgehead atoms. The fourth-order valence-electron chi connectivity index (χ4n) is 4.57. The van der Waals surface area contributed by atoms with Crippen molar-refractivity contribution in [3.8, 4) is 0 Å². The molecule has 2 aromatic rings. The Morgan fingerprint density at radius 2 is 1.62 bits per heavy atom. The van der Waals surface area contributed by atoms with E-state index in [-0.39, 0.29) is 16.5 Å². The Hall–Kier alpha value is -3.13. The number of nitrogens with one attached hydrogen (secondary N) is 1. The van der Waals surface area contributed by atoms with Crippen molar-refractivity contribution < 1.29 is 9.72 Å². The molecule has 1 N–H and O–H groups in total. The summed E-state index contributed by atoms with van der Waals surface area (Å²) < 4.78 is 0. The lowest BCUT2D eigenvalue weighted by molar-refractivity contribution is -0.384. The van der Waals surface area contributed by atoms with E-state index in [1.807, 2.05) is 24.3 Å². The van der Waals surface area contributed by atoms with E-state index in [2.05, 4.69) is 26.9 Å². The van der Waals surface area contributed by atoms with Crippen LogP contribution in [0.15, 0.2) is 42.5 Å². The Labute approximate surface area is 189 Å². The maximum absolute atomic E-state index is 13.0. The van der Waals surface area contributed by atoms with Crippen molar-refractivity contribution in [2.24, 2.45) is 0 Å². The molecule has 0 radical (unpaired) electrons. The molecule has 0 spiro atoms. The zero-order valence-electron chi connectivity index (χ0n) is 18.6. The van der Waals surface area contributed by atoms with Gasteiger partial charge in [0, 0.05) is 50.9 Å². The van der Waals surface area contributed by atoms with Gasteiger partial charge in [-0.2, -0.15) is 0 Å². The highest BCUT2D eigenvalue weighted by Crippen LogP contribution is 2.32. The van der Waals surface area contributed by atoms with Gasteiger partial charge in [-0.3, -0.25) is 14.9 Å². The number of piperidine rings is 1. The Bertz CT molecular complexity index is 966. The number of benzene rings is 2. The molecule has 0 atom stereocenters. The molecule has 2 aliphatic heterocycles. The summed E-state index contributed by atoms with van der Waals surface area (Å²) in [5, 5.41) is 14.7. The van der Waals surface area contributed by atoms with E-state index in [1.54, 1.807) is 12.1 Å². The first-order chi connectivity index (χ1) is 15.6. The third-order valence-corrected chi connectivity index (χ3v) is 6.44. The smallest absolute Gasteiger partial charge is 0.293 e. The summed E-state index contributed by atoms with van der Waals surface area (Å²) in [5.74, 6) is -0.335. The van der Waals surface area contributed by atoms with Crippen molar-refractivity contribution in [1.29, 1.82) is 0 Å². The highest BCUT2D eigenvalue weighted by atomic mass is 16.6. The average molecular weight is 438 g/mol. The molecular weight excluding hydrogens is 406 g/mol. The number of rotatable bonds is 6. The molecule has 32 heavy (non-hydrogen) atoms. The van der Waals surface area contributed by atoms with Crippen molar-refractivity contribution in [2.45, 2.75) is 26.2 Å². The van der Waals surface area contributed by atoms with E-state index < -0.39 is 0 Å². The van der Waals surface area contributed by atoms with Crippen LogP contribution in [-0.4, -0.2) is 61.5 Å². The summed E-state index contributed by atoms with van der Waals surface area (Å²) >= 11 is 0. The minimum atomic E-state index is -0.387. The van der Waals surface area contributed by atoms with Crippen molar-refractivity contribution in [3.63, 3.8) is 0 Å². The van der Waals surface area contributed by atoms with E-state index in [0.717, 1.165) is 76.5 Å². The van der Waals surface area contributed by atoms with E-state index in [0.29, 0.717) is 11.3 Å². The molecule has 0 aliphatic carbocycles. The molecule has 2 heterocycles. The molecule has 0 unspecified atom stereocenters. The first-order valence-corrected chi connectivity index (χ1v) is 11.5. The Morgan fingerprint density at radius 3 is 2.31 bits per heavy atom. The fraction of sp³-hybridized carbons (Fsp3) is 0.458. The number of carbonyl (C=O) groups is 1. The molecule has 170 valence electrons. The quantitative estimate of drug-likeness (QED) is 0.544. The van der Waals surface area contributed by atoms with Gasteiger partial charge in [-0.15, -0.1) is 0 Å². The van der Waals surface area contributed by atoms with Crippen LogP contribution >= 0.6 is 0 Å². The molecule has 8 nitrogen and oxygen atoms in total. The van der Waals surface area contributed by atoms with Crippen molar-refractivity contribution in [2.75, 3.05) is 60.9 Å². The summed E-state index contributed by atoms with van der Waals surface area (Å²) in [6.07, 6.45) is 3.21. The topological polar surface area (TPSA) is 82.0 Å². The third kappa shape index (κ3) is 4.85. The lowest BCUT2D eigenvalue weighted by atomic mass is 10.1. The number of hydrogen-bond acceptors (Lipinski definition) is 6. The Morgan fingerprint density at radius 1 is 0.938 bits per heavy atom. The largest absolute Gasteiger partial charge is 0.367 e. The number of anilines is 3. The normalized spacial score (nSPS) is 17.3. The van der Waals surface area contributed by atoms with Crippen molar-refractivity contribution in [3.05, 3.63) is 58.1 Å². The lowest BCUT2D eigenvalue weighted by Crippen LogP contribution is -2.46. The minimum absolute atomic E-state index is 0.0106. The standard InChI is InChI=1S/C24H31N5O3/c1-2-26-14-16-28(17-15-26)21-9-5-4-8-20(21)25-24(30)19-10-11-22(23(18-19)29(31)32)27-12-6-3-7-13-27/h4-5,8-11,18H,2-3,6-7,12-17H2,1H3,(H,25,30). The number of likely N-dealkylation sites (N-methyl/N-ethyl adjacent to an activating group) is 1. The number of para-hydroxylation sites is 2. The van der Waals surface area contributed by atoms with Gasteiger partial charge in [0.15, 0.2) is 0 Å². The number of nitrogens with zero attached hydrogens (tertiary/aromatic N) is 4. The lowest BCUT2D eigenvalue weighted by Gasteiger charge is -2.36. The number of carbonyl (C=O) groups excluding carboxylic acids is 1. The van der Waals surface area contributed by atoms with Crippen LogP contribution in [0.3, 0.4) is 0 Å². The van der Waals surface area contributed by atoms with Crippen LogP contribution in [0, 0.1) is 10.1 Å². The summed E-state index contributed by atoms with van der Waals surface area (Å²) in [7, 11) is 0. The molecule has 2 saturated heterocycles. The third-order valence-electron chi connectivity index (χ3n) is 6.44. The van der Waals surface area contributed by atoms with Gasteiger partial charge >= 0.3 is 0 Å². The maximum atomic E-state index is 13.0. The second-order valence-electron chi connectivity index (χ2n) is 8.40. The van der Waals surface area contributed by atoms with Crippen LogP contribution in [0.1, 0.15) is 36.5 Å². The molecule has 0 saturated carbocycles. The van der Waals surface area contributed by atoms with Crippen molar-refractivity contribution in [1.82, 2.24) is 4.90 Å². The minimum Gasteiger partial charge on any atom is -0.367 e. The van der Waals surface area contributed by atoms with Crippen molar-refractivity contribution >= 4 is 28.7 Å². The van der Waals surface area contributed by atoms with E-state index >= 15 is 0 Å². The highest BCUT2D eigenvalue weighted by Gasteiger charge is 2.24. The van der Waals surface area contributed by atoms with Gasteiger partial charge < -0.3 is 20.0 Å². The van der Waals surface area contributed by atoms with Gasteiger partial charge in [0.1, 0.15) is 5.69 Å². The number of hydrogen-bond donors (Lipinski definition) is 1. The molecule has 2 aromatic carbocycles. The molecule has 4 rings (SSSR count). The SMILES string of the molecule is CCN1CCN(c2ccccc2NC(=O)c2ccc(N3CCCCC3)c([N+](=O)[O-])c2)CC1. The number of nitro benzene ring substituents is 1. The Kier molecular flexibility index (Phi) is 6.90. The van der Waals surface area contributed by atoms with Crippen LogP contribution in [-0.2, 0) is 0 Å². The summed E-state index contributed by atoms with van der Waals surface area (Å²) in [5.41, 5.74) is 2.59. The summed E-state index contributed by atoms with van der Waals surface area (Å²) in [6.45, 7) is 8.60. The first-order valence-electron chi connectivity index (χ1n) is 11.5. The second-order valence-corrected chi connectivity index (χ2v) is 8.40. The van der Waals surface area contributed by atoms with Crippen LogP contribution in [0.25, 0.3) is 0 Å². The van der Waals surface area contributed by atoms with Gasteiger partial charge in [-0.05, 0) is 50.1 Å². The van der Waals surface area contributed by atoms with Gasteiger partial charge in [0.25, 0.3) is 11.6 Å². The van der Waals surface area contributed by atoms with Gasteiger partial charge in [0.05, 0.1) is 16.3 Å². The zero-order chi connectivity index (χ0) is 22.5. The molecule has 2 fully saturated rings. The van der Waals surface area contributed by atoms with Crippen LogP contribution in [0.5, 0.6) is 0 Å². The average Bonchev–Trinajstić information content (AvgIpc) is 2.84. The van der Waals surface area contributed by atoms with E-state index in [1.165, 1.54) is 6.07 Å². The van der Waals surface area contributed by atoms with Crippen LogP contribution in [0.2, 0.25) is 0 Å². The first kappa shape index (κ1) is 22.1. The molecule has 2 aliphatic rings. The number of amides is 1. The monoisotopic (exact) mass is 437 g/mol. The van der Waals surface area contributed by atoms with Crippen LogP contribution < -0.4 is 15.1 Å². The second kappa shape index (κ2) is 9.99. The molecule has 8 heteroatoms. The predicted octanol–water partition coefficient (Wildman–Crippen LogP) is 3.98. The number of piperazine rings is 1. The molecule has 0 aromatic heterocycles. The van der Waals surface area contributed by atoms with Gasteiger partial charge in [0.2, 0.25) is 0 Å².